The minimum Gasteiger partial charge on any atom is -0.497 e. The van der Waals surface area contributed by atoms with E-state index in [0.717, 1.165) is 63.1 Å². The number of carbonyl (C=O) groups excluding carboxylic acids is 1. The zero-order valence-electron chi connectivity index (χ0n) is 19.4. The van der Waals surface area contributed by atoms with Crippen molar-refractivity contribution in [2.75, 3.05) is 33.4 Å². The predicted molar refractivity (Wildman–Crippen MR) is 123 cm³/mol. The summed E-state index contributed by atoms with van der Waals surface area (Å²) in [5.74, 6) is 1.21. The summed E-state index contributed by atoms with van der Waals surface area (Å²) in [5.41, 5.74) is 5.68. The van der Waals surface area contributed by atoms with Crippen LogP contribution in [-0.2, 0) is 23.0 Å². The van der Waals surface area contributed by atoms with Gasteiger partial charge in [0.05, 0.1) is 13.7 Å². The molecule has 1 aromatic heterocycles. The van der Waals surface area contributed by atoms with E-state index in [1.54, 1.807) is 7.11 Å². The molecule has 0 radical (unpaired) electrons. The highest BCUT2D eigenvalue weighted by molar-refractivity contribution is 5.90. The molecule has 1 aliphatic heterocycles. The van der Waals surface area contributed by atoms with Gasteiger partial charge in [-0.05, 0) is 80.4 Å². The highest BCUT2D eigenvalue weighted by atomic mass is 16.5. The van der Waals surface area contributed by atoms with Crippen LogP contribution >= 0.6 is 0 Å². The zero-order chi connectivity index (χ0) is 22.0. The molecule has 0 saturated carbocycles. The van der Waals surface area contributed by atoms with Crippen molar-refractivity contribution in [2.24, 2.45) is 5.92 Å². The molecule has 168 valence electrons. The summed E-state index contributed by atoms with van der Waals surface area (Å²) in [5, 5.41) is 0. The lowest BCUT2D eigenvalue weighted by molar-refractivity contribution is 0.0492. The molecule has 0 bridgehead atoms. The Kier molecular flexibility index (Phi) is 6.42. The Morgan fingerprint density at radius 2 is 2.16 bits per heavy atom. The molecule has 5 heteroatoms. The number of methoxy groups -OCH3 is 1. The van der Waals surface area contributed by atoms with Gasteiger partial charge in [0.15, 0.2) is 0 Å². The molecule has 1 fully saturated rings. The summed E-state index contributed by atoms with van der Waals surface area (Å²) in [4.78, 5) is 18.8. The van der Waals surface area contributed by atoms with Crippen molar-refractivity contribution in [1.82, 2.24) is 9.88 Å². The molecule has 0 spiro atoms. The first kappa shape index (κ1) is 21.9. The molecule has 0 unspecified atom stereocenters. The van der Waals surface area contributed by atoms with Gasteiger partial charge in [-0.2, -0.15) is 0 Å². The van der Waals surface area contributed by atoms with E-state index in [2.05, 4.69) is 48.9 Å². The fourth-order valence-electron chi connectivity index (χ4n) is 5.61. The van der Waals surface area contributed by atoms with Crippen molar-refractivity contribution in [2.45, 2.75) is 58.3 Å². The van der Waals surface area contributed by atoms with Crippen LogP contribution in [0.5, 0.6) is 5.75 Å². The van der Waals surface area contributed by atoms with Gasteiger partial charge in [0, 0.05) is 17.7 Å². The number of hydrogen-bond acceptors (Lipinski definition) is 4. The van der Waals surface area contributed by atoms with Crippen molar-refractivity contribution >= 4 is 5.97 Å². The molecule has 31 heavy (non-hydrogen) atoms. The van der Waals surface area contributed by atoms with Gasteiger partial charge in [-0.25, -0.2) is 4.79 Å². The zero-order valence-corrected chi connectivity index (χ0v) is 19.4. The van der Waals surface area contributed by atoms with Crippen molar-refractivity contribution in [1.29, 1.82) is 0 Å². The van der Waals surface area contributed by atoms with Gasteiger partial charge in [0.25, 0.3) is 0 Å². The fraction of sp³-hybridized carbons (Fsp3) is 0.577. The number of likely N-dealkylation sites (tertiary alicyclic amines) is 1. The van der Waals surface area contributed by atoms with Gasteiger partial charge in [-0.3, -0.25) is 0 Å². The lowest BCUT2D eigenvalue weighted by atomic mass is 9.58. The third-order valence-electron chi connectivity index (χ3n) is 7.57. The highest BCUT2D eigenvalue weighted by Crippen LogP contribution is 2.49. The number of aromatic nitrogens is 1. The van der Waals surface area contributed by atoms with Crippen LogP contribution in [0.3, 0.4) is 0 Å². The average molecular weight is 425 g/mol. The Morgan fingerprint density at radius 3 is 2.90 bits per heavy atom. The third kappa shape index (κ3) is 4.00. The largest absolute Gasteiger partial charge is 0.497 e. The molecule has 2 atom stereocenters. The number of piperidine rings is 1. The summed E-state index contributed by atoms with van der Waals surface area (Å²) < 4.78 is 11.1. The maximum atomic E-state index is 12.7. The van der Waals surface area contributed by atoms with E-state index in [-0.39, 0.29) is 11.4 Å². The first-order chi connectivity index (χ1) is 15.0. The smallest absolute Gasteiger partial charge is 0.355 e. The normalized spacial score (nSPS) is 23.2. The minimum absolute atomic E-state index is 0.0634. The molecule has 2 aromatic rings. The number of ether oxygens (including phenoxy) is 2. The van der Waals surface area contributed by atoms with E-state index in [1.165, 1.54) is 16.8 Å². The number of hydrogen-bond donors (Lipinski definition) is 1. The van der Waals surface area contributed by atoms with Crippen LogP contribution in [0.2, 0.25) is 0 Å². The maximum Gasteiger partial charge on any atom is 0.355 e. The number of nitrogens with zero attached hydrogens (tertiary/aromatic N) is 1. The molecule has 1 N–H and O–H groups in total. The fourth-order valence-corrected chi connectivity index (χ4v) is 5.61. The molecule has 0 amide bonds. The molecular weight excluding hydrogens is 388 g/mol. The van der Waals surface area contributed by atoms with Crippen molar-refractivity contribution in [3.8, 4) is 5.75 Å². The summed E-state index contributed by atoms with van der Waals surface area (Å²) >= 11 is 0. The summed E-state index contributed by atoms with van der Waals surface area (Å²) in [6, 6.07) is 8.61. The van der Waals surface area contributed by atoms with Gasteiger partial charge in [-0.1, -0.05) is 32.4 Å². The lowest BCUT2D eigenvalue weighted by Crippen LogP contribution is -2.53. The van der Waals surface area contributed by atoms with E-state index >= 15 is 0 Å². The van der Waals surface area contributed by atoms with E-state index in [4.69, 9.17) is 9.47 Å². The third-order valence-corrected chi connectivity index (χ3v) is 7.57. The Balaban J connectivity index is 1.71. The van der Waals surface area contributed by atoms with Gasteiger partial charge in [-0.15, -0.1) is 0 Å². The van der Waals surface area contributed by atoms with E-state index in [1.807, 2.05) is 6.07 Å². The molecule has 1 aliphatic carbocycles. The van der Waals surface area contributed by atoms with E-state index < -0.39 is 0 Å². The topological polar surface area (TPSA) is 54.6 Å². The Bertz CT molecular complexity index is 935. The number of fused-ring (bicyclic) bond motifs is 2. The minimum atomic E-state index is -0.214. The number of aromatic amines is 1. The molecule has 4 rings (SSSR count). The second-order valence-corrected chi connectivity index (χ2v) is 9.18. The highest BCUT2D eigenvalue weighted by Gasteiger charge is 2.48. The van der Waals surface area contributed by atoms with E-state index in [9.17, 15) is 4.79 Å². The van der Waals surface area contributed by atoms with Crippen LogP contribution in [0.25, 0.3) is 0 Å². The molecule has 2 aliphatic rings. The molecule has 2 heterocycles. The predicted octanol–water partition coefficient (Wildman–Crippen LogP) is 4.67. The molecule has 1 aromatic carbocycles. The van der Waals surface area contributed by atoms with Crippen LogP contribution in [0.4, 0.5) is 0 Å². The van der Waals surface area contributed by atoms with Crippen molar-refractivity contribution in [3.05, 3.63) is 52.3 Å². The second kappa shape index (κ2) is 9.07. The first-order valence-corrected chi connectivity index (χ1v) is 11.8. The van der Waals surface area contributed by atoms with Crippen molar-refractivity contribution < 1.29 is 14.3 Å². The van der Waals surface area contributed by atoms with Crippen LogP contribution in [0.1, 0.15) is 66.0 Å². The standard InChI is InChI=1S/C26H36N2O3/c1-5-7-13-31-25(29)24-18(3)22-15-20-17-28(6-2)12-11-26(20,16-23(22)27-24)19-9-8-10-21(14-19)30-4/h8-10,14,20,27H,5-7,11-13,15-17H2,1-4H3/t20-,26+/m1/s1. The molecule has 1 saturated heterocycles. The number of benzene rings is 1. The molecular formula is C26H36N2O3. The maximum absolute atomic E-state index is 12.7. The number of carbonyl (C=O) groups is 1. The van der Waals surface area contributed by atoms with Crippen LogP contribution < -0.4 is 4.74 Å². The lowest BCUT2D eigenvalue weighted by Gasteiger charge is -2.51. The number of unbranched alkanes of at least 4 members (excludes halogenated alkanes) is 1. The van der Waals surface area contributed by atoms with Crippen LogP contribution in [-0.4, -0.2) is 49.2 Å². The van der Waals surface area contributed by atoms with Gasteiger partial charge in [0.1, 0.15) is 11.4 Å². The van der Waals surface area contributed by atoms with Gasteiger partial charge in [0.2, 0.25) is 0 Å². The van der Waals surface area contributed by atoms with Crippen LogP contribution in [0, 0.1) is 12.8 Å². The second-order valence-electron chi connectivity index (χ2n) is 9.18. The Morgan fingerprint density at radius 1 is 1.32 bits per heavy atom. The average Bonchev–Trinajstić information content (AvgIpc) is 3.12. The van der Waals surface area contributed by atoms with E-state index in [0.29, 0.717) is 18.2 Å². The van der Waals surface area contributed by atoms with Crippen molar-refractivity contribution in [3.63, 3.8) is 0 Å². The number of H-pyrrole nitrogens is 1. The SMILES string of the molecule is CCCCOC(=O)c1[nH]c2c(c1C)C[C@@H]1CN(CC)CC[C@@]1(c1cccc(OC)c1)C2. The molecule has 5 nitrogen and oxygen atoms in total. The number of rotatable bonds is 7. The first-order valence-electron chi connectivity index (χ1n) is 11.8. The number of esters is 1. The van der Waals surface area contributed by atoms with Gasteiger partial charge < -0.3 is 19.4 Å². The monoisotopic (exact) mass is 424 g/mol. The quantitative estimate of drug-likeness (QED) is 0.519. The summed E-state index contributed by atoms with van der Waals surface area (Å²) in [6.07, 6.45) is 4.96. The Hall–Kier alpha value is -2.27. The van der Waals surface area contributed by atoms with Gasteiger partial charge >= 0.3 is 5.97 Å². The van der Waals surface area contributed by atoms with Crippen LogP contribution in [0.15, 0.2) is 24.3 Å². The Labute approximate surface area is 186 Å². The number of nitrogens with one attached hydrogen (secondary N) is 1. The summed E-state index contributed by atoms with van der Waals surface area (Å²) in [7, 11) is 1.73. The summed E-state index contributed by atoms with van der Waals surface area (Å²) in [6.45, 7) is 10.2.